The standard InChI is InChI=1S/C18H18FNO/c1-12(2)10-11-20-16-9-4-3-6-13(16)17-14(18(20)21)7-5-8-15(17)19/h3-9,12H,10-11H2,1-2H3. The molecule has 21 heavy (non-hydrogen) atoms. The van der Waals surface area contributed by atoms with Crippen molar-refractivity contribution in [3.63, 3.8) is 0 Å². The van der Waals surface area contributed by atoms with Gasteiger partial charge >= 0.3 is 0 Å². The Morgan fingerprint density at radius 2 is 1.76 bits per heavy atom. The maximum absolute atomic E-state index is 14.2. The molecule has 0 aliphatic carbocycles. The van der Waals surface area contributed by atoms with Gasteiger partial charge in [0.2, 0.25) is 0 Å². The topological polar surface area (TPSA) is 22.0 Å². The molecule has 108 valence electrons. The summed E-state index contributed by atoms with van der Waals surface area (Å²) < 4.78 is 16.0. The third-order valence-electron chi connectivity index (χ3n) is 3.88. The van der Waals surface area contributed by atoms with Crippen LogP contribution in [0.15, 0.2) is 47.3 Å². The summed E-state index contributed by atoms with van der Waals surface area (Å²) in [5, 5.41) is 1.69. The van der Waals surface area contributed by atoms with Gasteiger partial charge in [-0.15, -0.1) is 0 Å². The molecule has 0 amide bonds. The van der Waals surface area contributed by atoms with Crippen LogP contribution in [-0.4, -0.2) is 4.57 Å². The van der Waals surface area contributed by atoms with Crippen molar-refractivity contribution in [2.45, 2.75) is 26.8 Å². The van der Waals surface area contributed by atoms with Gasteiger partial charge in [0, 0.05) is 17.3 Å². The van der Waals surface area contributed by atoms with Crippen LogP contribution in [0.5, 0.6) is 0 Å². The first kappa shape index (κ1) is 13.8. The lowest BCUT2D eigenvalue weighted by Gasteiger charge is -2.14. The van der Waals surface area contributed by atoms with E-state index in [0.29, 0.717) is 23.2 Å². The highest BCUT2D eigenvalue weighted by Crippen LogP contribution is 2.25. The first-order valence-electron chi connectivity index (χ1n) is 7.29. The Bertz CT molecular complexity index is 864. The lowest BCUT2D eigenvalue weighted by molar-refractivity contribution is 0.518. The van der Waals surface area contributed by atoms with E-state index in [9.17, 15) is 9.18 Å². The number of hydrogen-bond donors (Lipinski definition) is 0. The molecule has 0 aliphatic heterocycles. The number of benzene rings is 2. The summed E-state index contributed by atoms with van der Waals surface area (Å²) in [5.74, 6) is 0.177. The fourth-order valence-electron chi connectivity index (χ4n) is 2.76. The van der Waals surface area contributed by atoms with Crippen molar-refractivity contribution in [3.8, 4) is 0 Å². The molecule has 0 unspecified atom stereocenters. The van der Waals surface area contributed by atoms with Gasteiger partial charge in [0.1, 0.15) is 5.82 Å². The number of para-hydroxylation sites is 1. The number of aryl methyl sites for hydroxylation is 1. The largest absolute Gasteiger partial charge is 0.308 e. The zero-order chi connectivity index (χ0) is 15.0. The van der Waals surface area contributed by atoms with E-state index in [1.54, 1.807) is 16.7 Å². The average Bonchev–Trinajstić information content (AvgIpc) is 2.47. The first-order valence-corrected chi connectivity index (χ1v) is 7.29. The van der Waals surface area contributed by atoms with Crippen molar-refractivity contribution >= 4 is 21.7 Å². The zero-order valence-electron chi connectivity index (χ0n) is 12.3. The number of hydrogen-bond acceptors (Lipinski definition) is 1. The summed E-state index contributed by atoms with van der Waals surface area (Å²) in [6.45, 7) is 4.92. The Morgan fingerprint density at radius 3 is 2.52 bits per heavy atom. The number of aromatic nitrogens is 1. The van der Waals surface area contributed by atoms with E-state index >= 15 is 0 Å². The second kappa shape index (κ2) is 5.32. The smallest absolute Gasteiger partial charge is 0.259 e. The normalized spacial score (nSPS) is 11.6. The Balaban J connectivity index is 2.41. The van der Waals surface area contributed by atoms with Crippen molar-refractivity contribution in [2.24, 2.45) is 5.92 Å². The highest BCUT2D eigenvalue weighted by molar-refractivity contribution is 6.05. The summed E-state index contributed by atoms with van der Waals surface area (Å²) in [7, 11) is 0. The van der Waals surface area contributed by atoms with Gasteiger partial charge in [-0.1, -0.05) is 38.1 Å². The van der Waals surface area contributed by atoms with Crippen LogP contribution < -0.4 is 5.56 Å². The number of pyridine rings is 1. The zero-order valence-corrected chi connectivity index (χ0v) is 12.3. The van der Waals surface area contributed by atoms with Crippen molar-refractivity contribution in [3.05, 3.63) is 58.6 Å². The summed E-state index contributed by atoms with van der Waals surface area (Å²) in [6, 6.07) is 12.3. The molecule has 0 aliphatic rings. The second-order valence-corrected chi connectivity index (χ2v) is 5.82. The molecule has 3 heteroatoms. The monoisotopic (exact) mass is 283 g/mol. The molecule has 3 aromatic rings. The molecule has 0 radical (unpaired) electrons. The van der Waals surface area contributed by atoms with Crippen LogP contribution in [-0.2, 0) is 6.54 Å². The molecule has 0 bridgehead atoms. The molecule has 0 saturated heterocycles. The summed E-state index contributed by atoms with van der Waals surface area (Å²) in [6.07, 6.45) is 0.921. The van der Waals surface area contributed by atoms with Gasteiger partial charge in [0.15, 0.2) is 0 Å². The molecule has 3 rings (SSSR count). The highest BCUT2D eigenvalue weighted by Gasteiger charge is 2.13. The minimum Gasteiger partial charge on any atom is -0.308 e. The fraction of sp³-hybridized carbons (Fsp3) is 0.278. The SMILES string of the molecule is CC(C)CCn1c(=O)c2cccc(F)c2c2ccccc21. The second-order valence-electron chi connectivity index (χ2n) is 5.82. The molecular formula is C18H18FNO. The average molecular weight is 283 g/mol. The van der Waals surface area contributed by atoms with E-state index in [-0.39, 0.29) is 11.4 Å². The minimum atomic E-state index is -0.336. The summed E-state index contributed by atoms with van der Waals surface area (Å²) in [4.78, 5) is 12.7. The molecule has 0 atom stereocenters. The van der Waals surface area contributed by atoms with E-state index in [1.165, 1.54) is 6.07 Å². The predicted octanol–water partition coefficient (Wildman–Crippen LogP) is 4.34. The Kier molecular flexibility index (Phi) is 3.50. The van der Waals surface area contributed by atoms with Gasteiger partial charge in [-0.3, -0.25) is 4.79 Å². The quantitative estimate of drug-likeness (QED) is 0.655. The van der Waals surface area contributed by atoms with E-state index in [1.807, 2.05) is 24.3 Å². The highest BCUT2D eigenvalue weighted by atomic mass is 19.1. The van der Waals surface area contributed by atoms with Gasteiger partial charge < -0.3 is 4.57 Å². The number of rotatable bonds is 3. The number of nitrogens with zero attached hydrogens (tertiary/aromatic N) is 1. The molecule has 1 aromatic heterocycles. The first-order chi connectivity index (χ1) is 10.1. The van der Waals surface area contributed by atoms with Crippen LogP contribution in [0.4, 0.5) is 4.39 Å². The summed E-state index contributed by atoms with van der Waals surface area (Å²) in [5.41, 5.74) is 0.699. The molecule has 2 aromatic carbocycles. The van der Waals surface area contributed by atoms with Crippen LogP contribution in [0.25, 0.3) is 21.7 Å². The van der Waals surface area contributed by atoms with Gasteiger partial charge in [0.05, 0.1) is 10.9 Å². The Labute approximate surface area is 122 Å². The maximum atomic E-state index is 14.2. The van der Waals surface area contributed by atoms with Crippen molar-refractivity contribution in [2.75, 3.05) is 0 Å². The molecule has 0 spiro atoms. The number of fused-ring (bicyclic) bond motifs is 3. The molecule has 0 saturated carbocycles. The number of halogens is 1. The third-order valence-corrected chi connectivity index (χ3v) is 3.88. The van der Waals surface area contributed by atoms with Crippen LogP contribution in [0.3, 0.4) is 0 Å². The lowest BCUT2D eigenvalue weighted by Crippen LogP contribution is -2.22. The van der Waals surface area contributed by atoms with Gasteiger partial charge in [-0.2, -0.15) is 0 Å². The molecular weight excluding hydrogens is 265 g/mol. The van der Waals surface area contributed by atoms with E-state index < -0.39 is 0 Å². The van der Waals surface area contributed by atoms with E-state index in [4.69, 9.17) is 0 Å². The predicted molar refractivity (Wildman–Crippen MR) is 85.1 cm³/mol. The van der Waals surface area contributed by atoms with Crippen molar-refractivity contribution in [1.29, 1.82) is 0 Å². The fourth-order valence-corrected chi connectivity index (χ4v) is 2.76. The minimum absolute atomic E-state index is 0.108. The van der Waals surface area contributed by atoms with Crippen LogP contribution in [0.2, 0.25) is 0 Å². The third kappa shape index (κ3) is 2.33. The van der Waals surface area contributed by atoms with Crippen LogP contribution in [0, 0.1) is 11.7 Å². The van der Waals surface area contributed by atoms with E-state index in [0.717, 1.165) is 17.3 Å². The van der Waals surface area contributed by atoms with Crippen molar-refractivity contribution in [1.82, 2.24) is 4.57 Å². The lowest BCUT2D eigenvalue weighted by atomic mass is 10.0. The van der Waals surface area contributed by atoms with Gasteiger partial charge in [-0.25, -0.2) is 4.39 Å². The Hall–Kier alpha value is -2.16. The van der Waals surface area contributed by atoms with Gasteiger partial charge in [0.25, 0.3) is 5.56 Å². The molecule has 2 nitrogen and oxygen atoms in total. The molecule has 0 fully saturated rings. The molecule has 0 N–H and O–H groups in total. The van der Waals surface area contributed by atoms with Crippen LogP contribution in [0.1, 0.15) is 20.3 Å². The maximum Gasteiger partial charge on any atom is 0.259 e. The Morgan fingerprint density at radius 1 is 1.05 bits per heavy atom. The van der Waals surface area contributed by atoms with E-state index in [2.05, 4.69) is 13.8 Å². The van der Waals surface area contributed by atoms with Crippen LogP contribution >= 0.6 is 0 Å². The van der Waals surface area contributed by atoms with Gasteiger partial charge in [-0.05, 0) is 30.5 Å². The summed E-state index contributed by atoms with van der Waals surface area (Å²) >= 11 is 0. The van der Waals surface area contributed by atoms with Crippen molar-refractivity contribution < 1.29 is 4.39 Å². The molecule has 1 heterocycles.